The highest BCUT2D eigenvalue weighted by molar-refractivity contribution is 7.29. The third kappa shape index (κ3) is 9.63. The Morgan fingerprint density at radius 3 is 1.89 bits per heavy atom. The van der Waals surface area contributed by atoms with E-state index < -0.39 is 16.6 Å². The van der Waals surface area contributed by atoms with Crippen LogP contribution < -0.4 is 9.64 Å². The molecule has 0 radical (unpaired) electrons. The molecule has 1 aromatic carbocycles. The topological polar surface area (TPSA) is 48.0 Å². The summed E-state index contributed by atoms with van der Waals surface area (Å²) in [5.74, 6) is 0.902. The summed E-state index contributed by atoms with van der Waals surface area (Å²) in [6, 6.07) is 10.7. The van der Waals surface area contributed by atoms with Crippen LogP contribution in [0, 0.1) is 0 Å². The number of nitrogens with zero attached hydrogens (tertiary/aromatic N) is 1. The molecular weight excluding hydrogens is 619 g/mol. The molecule has 0 bridgehead atoms. The van der Waals surface area contributed by atoms with Crippen molar-refractivity contribution in [1.82, 2.24) is 0 Å². The summed E-state index contributed by atoms with van der Waals surface area (Å²) < 4.78 is 21.5. The lowest BCUT2D eigenvalue weighted by Gasteiger charge is -2.38. The van der Waals surface area contributed by atoms with E-state index in [0.29, 0.717) is 19.8 Å². The van der Waals surface area contributed by atoms with Crippen molar-refractivity contribution in [3.8, 4) is 5.75 Å². The summed E-state index contributed by atoms with van der Waals surface area (Å²) in [5, 5.41) is 0.374. The van der Waals surface area contributed by atoms with Crippen molar-refractivity contribution in [1.29, 1.82) is 0 Å². The molecule has 0 N–H and O–H groups in total. The van der Waals surface area contributed by atoms with E-state index in [4.69, 9.17) is 13.6 Å². The minimum Gasteiger partial charge on any atom is -0.491 e. The van der Waals surface area contributed by atoms with Crippen molar-refractivity contribution in [2.24, 2.45) is 0 Å². The molecule has 3 aromatic rings. The highest BCUT2D eigenvalue weighted by atomic mass is 32.1. The molecule has 5 nitrogen and oxygen atoms in total. The SMILES string of the molecule is CCCCOc1c(/C=C/c2ccc(N(CCO[Si](C)(C)C(C)(C)C)CCO[Si](C)(C)C(C)(C)C)cc2)sc2cc(C=O)sc12. The van der Waals surface area contributed by atoms with Crippen LogP contribution >= 0.6 is 22.7 Å². The van der Waals surface area contributed by atoms with Gasteiger partial charge in [0.1, 0.15) is 0 Å². The molecule has 0 atom stereocenters. The molecule has 2 heterocycles. The second-order valence-corrected chi connectivity index (χ2v) is 26.4. The quantitative estimate of drug-likeness (QED) is 0.0860. The summed E-state index contributed by atoms with van der Waals surface area (Å²) >= 11 is 3.19. The smallest absolute Gasteiger partial charge is 0.192 e. The fourth-order valence-corrected chi connectivity index (χ4v) is 8.46. The first kappa shape index (κ1) is 36.7. The zero-order valence-electron chi connectivity index (χ0n) is 29.0. The van der Waals surface area contributed by atoms with E-state index in [-0.39, 0.29) is 10.1 Å². The summed E-state index contributed by atoms with van der Waals surface area (Å²) in [5.41, 5.74) is 2.31. The second-order valence-electron chi connectivity index (χ2n) is 14.6. The minimum atomic E-state index is -1.83. The Bertz CT molecular complexity index is 1350. The number of hydrogen-bond donors (Lipinski definition) is 0. The summed E-state index contributed by atoms with van der Waals surface area (Å²) in [6.45, 7) is 28.9. The van der Waals surface area contributed by atoms with Crippen molar-refractivity contribution < 1.29 is 18.4 Å². The van der Waals surface area contributed by atoms with Crippen LogP contribution in [-0.2, 0) is 8.85 Å². The van der Waals surface area contributed by atoms with E-state index in [1.54, 1.807) is 11.3 Å². The molecule has 244 valence electrons. The number of anilines is 1. The van der Waals surface area contributed by atoms with E-state index in [2.05, 4.69) is 116 Å². The monoisotopic (exact) mass is 673 g/mol. The Balaban J connectivity index is 1.77. The maximum atomic E-state index is 11.3. The van der Waals surface area contributed by atoms with Gasteiger partial charge in [0.25, 0.3) is 0 Å². The number of carbonyl (C=O) groups is 1. The van der Waals surface area contributed by atoms with Crippen LogP contribution in [-0.4, -0.2) is 55.8 Å². The molecule has 0 saturated carbocycles. The van der Waals surface area contributed by atoms with Crippen LogP contribution in [0.1, 0.15) is 81.4 Å². The molecule has 0 aliphatic rings. The first-order valence-electron chi connectivity index (χ1n) is 15.9. The number of thiophene rings is 2. The molecular formula is C35H55NO4S2Si2. The molecule has 0 amide bonds. The van der Waals surface area contributed by atoms with Gasteiger partial charge in [-0.15, -0.1) is 22.7 Å². The number of unbranched alkanes of at least 4 members (excludes halogenated alkanes) is 1. The Labute approximate surface area is 276 Å². The Morgan fingerprint density at radius 2 is 1.39 bits per heavy atom. The highest BCUT2D eigenvalue weighted by Crippen LogP contribution is 2.44. The average Bonchev–Trinajstić information content (AvgIpc) is 3.48. The van der Waals surface area contributed by atoms with Crippen molar-refractivity contribution in [2.45, 2.75) is 97.6 Å². The van der Waals surface area contributed by atoms with Crippen LogP contribution in [0.2, 0.25) is 36.3 Å². The number of fused-ring (bicyclic) bond motifs is 1. The lowest BCUT2D eigenvalue weighted by Crippen LogP contribution is -2.44. The minimum absolute atomic E-state index is 0.187. The molecule has 0 saturated heterocycles. The van der Waals surface area contributed by atoms with Gasteiger partial charge in [-0.1, -0.05) is 73.1 Å². The molecule has 9 heteroatoms. The Morgan fingerprint density at radius 1 is 0.818 bits per heavy atom. The highest BCUT2D eigenvalue weighted by Gasteiger charge is 2.38. The van der Waals surface area contributed by atoms with Crippen LogP contribution in [0.5, 0.6) is 5.75 Å². The number of aldehydes is 1. The van der Waals surface area contributed by atoms with Gasteiger partial charge in [0.2, 0.25) is 0 Å². The third-order valence-corrected chi connectivity index (χ3v) is 20.5. The van der Waals surface area contributed by atoms with Gasteiger partial charge in [-0.05, 0) is 72.5 Å². The van der Waals surface area contributed by atoms with Gasteiger partial charge in [-0.3, -0.25) is 4.79 Å². The van der Waals surface area contributed by atoms with E-state index in [1.807, 2.05) is 6.07 Å². The Hall–Kier alpha value is -1.76. The van der Waals surface area contributed by atoms with Crippen LogP contribution in [0.3, 0.4) is 0 Å². The largest absolute Gasteiger partial charge is 0.491 e. The second kappa shape index (κ2) is 15.2. The van der Waals surface area contributed by atoms with Gasteiger partial charge in [-0.25, -0.2) is 0 Å². The van der Waals surface area contributed by atoms with Crippen molar-refractivity contribution >= 4 is 72.8 Å². The standard InChI is InChI=1S/C35H55NO4S2Si2/c1-12-13-22-38-32-30(42-31-25-29(26-37)41-33(31)32)19-16-27-14-17-28(18-15-27)36(20-23-39-43(8,9)34(2,3)4)21-24-40-44(10,11)35(5,6)7/h14-19,25-26H,12-13,20-24H2,1-11H3/b19-16+. The predicted molar refractivity (Wildman–Crippen MR) is 199 cm³/mol. The summed E-state index contributed by atoms with van der Waals surface area (Å²) in [4.78, 5) is 15.6. The van der Waals surface area contributed by atoms with E-state index in [0.717, 1.165) is 62.7 Å². The average molecular weight is 674 g/mol. The van der Waals surface area contributed by atoms with E-state index in [9.17, 15) is 4.79 Å². The van der Waals surface area contributed by atoms with Gasteiger partial charge >= 0.3 is 0 Å². The molecule has 44 heavy (non-hydrogen) atoms. The summed E-state index contributed by atoms with van der Waals surface area (Å²) in [6.07, 6.45) is 7.31. The lowest BCUT2D eigenvalue weighted by molar-refractivity contribution is 0.112. The van der Waals surface area contributed by atoms with E-state index in [1.165, 1.54) is 17.0 Å². The van der Waals surface area contributed by atoms with Gasteiger partial charge in [0, 0.05) is 18.8 Å². The number of benzene rings is 1. The lowest BCUT2D eigenvalue weighted by atomic mass is 10.1. The van der Waals surface area contributed by atoms with Crippen molar-refractivity contribution in [3.05, 3.63) is 45.6 Å². The molecule has 2 aromatic heterocycles. The van der Waals surface area contributed by atoms with Crippen LogP contribution in [0.15, 0.2) is 30.3 Å². The molecule has 0 fully saturated rings. The van der Waals surface area contributed by atoms with Gasteiger partial charge in [0.05, 0.1) is 39.0 Å². The molecule has 3 rings (SSSR count). The zero-order valence-corrected chi connectivity index (χ0v) is 32.6. The number of hydrogen-bond acceptors (Lipinski definition) is 7. The van der Waals surface area contributed by atoms with Crippen LogP contribution in [0.25, 0.3) is 21.6 Å². The fraction of sp³-hybridized carbons (Fsp3) is 0.571. The molecule has 0 aliphatic heterocycles. The van der Waals surface area contributed by atoms with Gasteiger partial charge in [0.15, 0.2) is 28.7 Å². The van der Waals surface area contributed by atoms with Crippen LogP contribution in [0.4, 0.5) is 5.69 Å². The first-order chi connectivity index (χ1) is 20.5. The van der Waals surface area contributed by atoms with Crippen molar-refractivity contribution in [3.63, 3.8) is 0 Å². The van der Waals surface area contributed by atoms with Gasteiger partial charge in [-0.2, -0.15) is 0 Å². The zero-order chi connectivity index (χ0) is 32.8. The molecule has 0 unspecified atom stereocenters. The Kier molecular flexibility index (Phi) is 12.7. The number of ether oxygens (including phenoxy) is 1. The van der Waals surface area contributed by atoms with E-state index >= 15 is 0 Å². The maximum Gasteiger partial charge on any atom is 0.192 e. The number of carbonyl (C=O) groups excluding carboxylic acids is 1. The third-order valence-electron chi connectivity index (χ3n) is 9.17. The number of rotatable bonds is 16. The first-order valence-corrected chi connectivity index (χ1v) is 23.4. The predicted octanol–water partition coefficient (Wildman–Crippen LogP) is 11.0. The van der Waals surface area contributed by atoms with Gasteiger partial charge < -0.3 is 18.5 Å². The molecule has 0 aliphatic carbocycles. The molecule has 0 spiro atoms. The summed E-state index contributed by atoms with van der Waals surface area (Å²) in [7, 11) is -3.65. The van der Waals surface area contributed by atoms with Crippen molar-refractivity contribution in [2.75, 3.05) is 37.8 Å². The fourth-order valence-electron chi connectivity index (χ4n) is 4.12. The maximum absolute atomic E-state index is 11.3. The normalized spacial score (nSPS) is 13.2.